The number of aromatic nitrogens is 2. The van der Waals surface area contributed by atoms with Crippen molar-refractivity contribution in [1.29, 1.82) is 5.26 Å². The first-order valence-electron chi connectivity index (χ1n) is 14.8. The summed E-state index contributed by atoms with van der Waals surface area (Å²) in [7, 11) is 0. The lowest BCUT2D eigenvalue weighted by Gasteiger charge is -2.41. The predicted molar refractivity (Wildman–Crippen MR) is 161 cm³/mol. The molecule has 2 amide bonds. The van der Waals surface area contributed by atoms with Gasteiger partial charge in [0, 0.05) is 24.9 Å². The highest BCUT2D eigenvalue weighted by atomic mass is 16.6. The highest BCUT2D eigenvalue weighted by Crippen LogP contribution is 2.31. The maximum atomic E-state index is 12.4. The Labute approximate surface area is 251 Å². The van der Waals surface area contributed by atoms with E-state index in [1.807, 2.05) is 30.5 Å². The van der Waals surface area contributed by atoms with Crippen LogP contribution in [0.3, 0.4) is 0 Å². The molecule has 11 heteroatoms. The Hall–Kier alpha value is -3.98. The number of piperidine rings is 1. The summed E-state index contributed by atoms with van der Waals surface area (Å²) in [5, 5.41) is 30.5. The maximum absolute atomic E-state index is 12.4. The zero-order chi connectivity index (χ0) is 30.6. The molecule has 2 atom stereocenters. The second-order valence-corrected chi connectivity index (χ2v) is 12.3. The highest BCUT2D eigenvalue weighted by Gasteiger charge is 2.31. The summed E-state index contributed by atoms with van der Waals surface area (Å²) in [4.78, 5) is 26.7. The van der Waals surface area contributed by atoms with Crippen molar-refractivity contribution in [2.24, 2.45) is 0 Å². The molecular weight excluding hydrogens is 548 g/mol. The van der Waals surface area contributed by atoms with Gasteiger partial charge in [-0.1, -0.05) is 36.4 Å². The Morgan fingerprint density at radius 2 is 1.81 bits per heavy atom. The van der Waals surface area contributed by atoms with Gasteiger partial charge < -0.3 is 25.2 Å². The number of nitrogens with one attached hydrogen (secondary N) is 2. The SMILES string of the molecule is CC(C)(C)OC(=O)NC[C@H](O)C(=O)N[C@H](C#N)Cc1ccc(-c2ccc3cnn(C4CCN(C5COC5)CC4)c3c2)cc1. The van der Waals surface area contributed by atoms with Gasteiger partial charge in [-0.05, 0) is 56.4 Å². The number of benzene rings is 2. The van der Waals surface area contributed by atoms with Gasteiger partial charge >= 0.3 is 6.09 Å². The van der Waals surface area contributed by atoms with E-state index < -0.39 is 29.7 Å². The summed E-state index contributed by atoms with van der Waals surface area (Å²) in [5.74, 6) is -0.744. The second-order valence-electron chi connectivity index (χ2n) is 12.3. The molecule has 3 N–H and O–H groups in total. The lowest BCUT2D eigenvalue weighted by Crippen LogP contribution is -2.51. The van der Waals surface area contributed by atoms with Gasteiger partial charge in [-0.15, -0.1) is 0 Å². The molecule has 2 fully saturated rings. The van der Waals surface area contributed by atoms with Gasteiger partial charge in [-0.3, -0.25) is 14.4 Å². The summed E-state index contributed by atoms with van der Waals surface area (Å²) in [6.45, 7) is 8.64. The number of nitrogens with zero attached hydrogens (tertiary/aromatic N) is 4. The van der Waals surface area contributed by atoms with Crippen LogP contribution in [0.4, 0.5) is 4.79 Å². The number of carbonyl (C=O) groups excluding carboxylic acids is 2. The minimum absolute atomic E-state index is 0.270. The number of hydrogen-bond donors (Lipinski definition) is 3. The predicted octanol–water partition coefficient (Wildman–Crippen LogP) is 3.18. The van der Waals surface area contributed by atoms with Crippen molar-refractivity contribution in [2.75, 3.05) is 32.8 Å². The van der Waals surface area contributed by atoms with E-state index in [2.05, 4.69) is 44.5 Å². The topological polar surface area (TPSA) is 142 Å². The fraction of sp³-hybridized carbons (Fsp3) is 0.500. The van der Waals surface area contributed by atoms with E-state index in [9.17, 15) is 20.0 Å². The number of aliphatic hydroxyl groups is 1. The zero-order valence-corrected chi connectivity index (χ0v) is 25.0. The van der Waals surface area contributed by atoms with Gasteiger partial charge in [0.15, 0.2) is 0 Å². The van der Waals surface area contributed by atoms with Crippen molar-refractivity contribution >= 4 is 22.9 Å². The molecular formula is C32H40N6O5. The summed E-state index contributed by atoms with van der Waals surface area (Å²) in [5.41, 5.74) is 3.41. The number of fused-ring (bicyclic) bond motifs is 1. The fourth-order valence-electron chi connectivity index (χ4n) is 5.49. The molecule has 2 saturated heterocycles. The van der Waals surface area contributed by atoms with Crippen molar-refractivity contribution < 1.29 is 24.2 Å². The molecule has 228 valence electrons. The van der Waals surface area contributed by atoms with Gasteiger partial charge in [0.25, 0.3) is 5.91 Å². The second kappa shape index (κ2) is 13.1. The van der Waals surface area contributed by atoms with Gasteiger partial charge in [0.2, 0.25) is 0 Å². The lowest BCUT2D eigenvalue weighted by atomic mass is 9.99. The Morgan fingerprint density at radius 3 is 2.44 bits per heavy atom. The van der Waals surface area contributed by atoms with E-state index in [0.717, 1.165) is 66.7 Å². The van der Waals surface area contributed by atoms with Crippen LogP contribution in [0.15, 0.2) is 48.7 Å². The quantitative estimate of drug-likeness (QED) is 0.346. The van der Waals surface area contributed by atoms with E-state index in [1.165, 1.54) is 0 Å². The molecule has 2 aromatic carbocycles. The molecule has 0 radical (unpaired) electrons. The molecule has 11 nitrogen and oxygen atoms in total. The van der Waals surface area contributed by atoms with Crippen LogP contribution in [0.25, 0.3) is 22.0 Å². The van der Waals surface area contributed by atoms with Crippen molar-refractivity contribution in [3.63, 3.8) is 0 Å². The Kier molecular flexibility index (Phi) is 9.30. The first-order chi connectivity index (χ1) is 20.6. The number of likely N-dealkylation sites (tertiary alicyclic amines) is 1. The van der Waals surface area contributed by atoms with Gasteiger partial charge in [0.1, 0.15) is 17.7 Å². The summed E-state index contributed by atoms with van der Waals surface area (Å²) < 4.78 is 12.6. The maximum Gasteiger partial charge on any atom is 0.407 e. The van der Waals surface area contributed by atoms with Crippen LogP contribution in [0.5, 0.6) is 0 Å². The largest absolute Gasteiger partial charge is 0.444 e. The third-order valence-corrected chi connectivity index (χ3v) is 7.92. The lowest BCUT2D eigenvalue weighted by molar-refractivity contribution is -0.129. The van der Waals surface area contributed by atoms with Crippen molar-refractivity contribution in [3.8, 4) is 17.2 Å². The first kappa shape index (κ1) is 30.5. The Bertz CT molecular complexity index is 1460. The van der Waals surface area contributed by atoms with E-state index in [4.69, 9.17) is 14.6 Å². The minimum Gasteiger partial charge on any atom is -0.444 e. The fourth-order valence-corrected chi connectivity index (χ4v) is 5.49. The molecule has 1 aromatic heterocycles. The third-order valence-electron chi connectivity index (χ3n) is 7.92. The number of rotatable bonds is 9. The normalized spacial score (nSPS) is 17.9. The molecule has 3 heterocycles. The van der Waals surface area contributed by atoms with Crippen LogP contribution < -0.4 is 10.6 Å². The van der Waals surface area contributed by atoms with Gasteiger partial charge in [-0.25, -0.2) is 4.79 Å². The molecule has 0 aliphatic carbocycles. The van der Waals surface area contributed by atoms with Crippen LogP contribution in [-0.4, -0.2) is 88.4 Å². The van der Waals surface area contributed by atoms with E-state index >= 15 is 0 Å². The monoisotopic (exact) mass is 588 g/mol. The molecule has 5 rings (SSSR count). The molecule has 0 saturated carbocycles. The molecule has 43 heavy (non-hydrogen) atoms. The van der Waals surface area contributed by atoms with Crippen molar-refractivity contribution in [2.45, 2.75) is 69.9 Å². The summed E-state index contributed by atoms with van der Waals surface area (Å²) in [6.07, 6.45) is 2.10. The molecule has 2 aliphatic rings. The molecule has 2 aliphatic heterocycles. The number of ether oxygens (including phenoxy) is 2. The van der Waals surface area contributed by atoms with Gasteiger partial charge in [-0.2, -0.15) is 10.4 Å². The Balaban J connectivity index is 1.17. The molecule has 0 unspecified atom stereocenters. The Morgan fingerprint density at radius 1 is 1.12 bits per heavy atom. The first-order valence-corrected chi connectivity index (χ1v) is 14.8. The van der Waals surface area contributed by atoms with Crippen molar-refractivity contribution in [1.82, 2.24) is 25.3 Å². The van der Waals surface area contributed by atoms with E-state index in [1.54, 1.807) is 20.8 Å². The molecule has 0 spiro atoms. The molecule has 3 aromatic rings. The van der Waals surface area contributed by atoms with Crippen LogP contribution >= 0.6 is 0 Å². The number of nitriles is 1. The number of aliphatic hydroxyl groups excluding tert-OH is 1. The summed E-state index contributed by atoms with van der Waals surface area (Å²) in [6, 6.07) is 16.4. The minimum atomic E-state index is -1.51. The van der Waals surface area contributed by atoms with Crippen molar-refractivity contribution in [3.05, 3.63) is 54.2 Å². The number of amides is 2. The average molecular weight is 589 g/mol. The van der Waals surface area contributed by atoms with Crippen LogP contribution in [-0.2, 0) is 20.7 Å². The zero-order valence-electron chi connectivity index (χ0n) is 25.0. The van der Waals surface area contributed by atoms with Crippen LogP contribution in [0, 0.1) is 11.3 Å². The summed E-state index contributed by atoms with van der Waals surface area (Å²) >= 11 is 0. The smallest absolute Gasteiger partial charge is 0.407 e. The van der Waals surface area contributed by atoms with Crippen LogP contribution in [0.2, 0.25) is 0 Å². The van der Waals surface area contributed by atoms with E-state index in [0.29, 0.717) is 12.1 Å². The number of carbonyl (C=O) groups is 2. The number of hydrogen-bond acceptors (Lipinski definition) is 8. The highest BCUT2D eigenvalue weighted by molar-refractivity contribution is 5.84. The third kappa shape index (κ3) is 7.70. The standard InChI is InChI=1S/C32H40N6O5/c1-32(2,3)43-31(41)34-18-29(39)30(40)36-25(16-33)14-21-4-6-22(7-5-21)23-8-9-24-17-35-38(28(24)15-23)26-10-12-37(13-11-26)27-19-42-20-27/h4-9,15,17,25-27,29,39H,10-14,18-20H2,1-3H3,(H,34,41)(H,36,40)/t25-,29-/m0/s1. The number of alkyl carbamates (subject to hydrolysis) is 1. The van der Waals surface area contributed by atoms with Gasteiger partial charge in [0.05, 0.1) is 49.6 Å². The van der Waals surface area contributed by atoms with Crippen LogP contribution in [0.1, 0.15) is 45.2 Å². The average Bonchev–Trinajstić information content (AvgIpc) is 3.38. The van der Waals surface area contributed by atoms with E-state index in [-0.39, 0.29) is 13.0 Å². The molecule has 0 bridgehead atoms.